The van der Waals surface area contributed by atoms with Gasteiger partial charge in [-0.3, -0.25) is 0 Å². The van der Waals surface area contributed by atoms with Gasteiger partial charge in [0, 0.05) is 6.08 Å². The molecule has 3 heteroatoms. The van der Waals surface area contributed by atoms with Gasteiger partial charge in [0.15, 0.2) is 0 Å². The van der Waals surface area contributed by atoms with E-state index in [1.807, 2.05) is 6.08 Å². The number of methoxy groups -OCH3 is 1. The van der Waals surface area contributed by atoms with Gasteiger partial charge in [-0.2, -0.15) is 5.11 Å². The van der Waals surface area contributed by atoms with Gasteiger partial charge in [0.1, 0.15) is 0 Å². The Morgan fingerprint density at radius 2 is 2.71 bits per heavy atom. The van der Waals surface area contributed by atoms with E-state index in [1.165, 1.54) is 0 Å². The zero-order chi connectivity index (χ0) is 5.11. The van der Waals surface area contributed by atoms with E-state index in [9.17, 15) is 0 Å². The Hall–Kier alpha value is -0.860. The molecular formula is C4H6N2O. The molecule has 0 saturated carbocycles. The number of nitrogens with zero attached hydrogens (tertiary/aromatic N) is 2. The third kappa shape index (κ3) is 0.765. The summed E-state index contributed by atoms with van der Waals surface area (Å²) in [6.07, 6.45) is 1.82. The molecule has 0 aromatic rings. The largest absolute Gasteiger partial charge is 0.480 e. The molecule has 1 aliphatic rings. The van der Waals surface area contributed by atoms with Crippen LogP contribution in [0.15, 0.2) is 22.2 Å². The summed E-state index contributed by atoms with van der Waals surface area (Å²) < 4.78 is 4.71. The van der Waals surface area contributed by atoms with Crippen molar-refractivity contribution in [1.82, 2.24) is 0 Å². The second kappa shape index (κ2) is 1.73. The lowest BCUT2D eigenvalue weighted by atomic mass is 10.6. The molecule has 0 atom stereocenters. The molecule has 0 spiro atoms. The van der Waals surface area contributed by atoms with Crippen LogP contribution in [0.5, 0.6) is 0 Å². The van der Waals surface area contributed by atoms with Crippen LogP contribution < -0.4 is 0 Å². The highest BCUT2D eigenvalue weighted by atomic mass is 16.5. The molecule has 0 saturated heterocycles. The highest BCUT2D eigenvalue weighted by Crippen LogP contribution is 2.03. The number of ether oxygens (including phenoxy) is 1. The van der Waals surface area contributed by atoms with Gasteiger partial charge >= 0.3 is 0 Å². The van der Waals surface area contributed by atoms with Crippen molar-refractivity contribution in [2.45, 2.75) is 0 Å². The fourth-order valence-corrected chi connectivity index (χ4v) is 0.394. The summed E-state index contributed by atoms with van der Waals surface area (Å²) in [5.74, 6) is 0.625. The van der Waals surface area contributed by atoms with E-state index in [0.717, 1.165) is 0 Å². The lowest BCUT2D eigenvalue weighted by molar-refractivity contribution is 0.287. The maximum absolute atomic E-state index is 4.71. The quantitative estimate of drug-likeness (QED) is 0.480. The average Bonchev–Trinajstić information content (AvgIpc) is 2.14. The first-order valence-corrected chi connectivity index (χ1v) is 2.05. The van der Waals surface area contributed by atoms with Crippen LogP contribution in [0.3, 0.4) is 0 Å². The first-order valence-electron chi connectivity index (χ1n) is 2.05. The Bertz CT molecular complexity index is 117. The van der Waals surface area contributed by atoms with Gasteiger partial charge in [-0.15, -0.1) is 5.11 Å². The van der Waals surface area contributed by atoms with E-state index < -0.39 is 0 Å². The molecule has 0 amide bonds. The number of hydrogen-bond acceptors (Lipinski definition) is 3. The first-order chi connectivity index (χ1) is 3.43. The second-order valence-corrected chi connectivity index (χ2v) is 1.17. The summed E-state index contributed by atoms with van der Waals surface area (Å²) in [5, 5.41) is 7.26. The SMILES string of the molecule is COC1=CCN=N1. The molecule has 1 heterocycles. The number of azo groups is 1. The molecule has 0 N–H and O–H groups in total. The standard InChI is InChI=1S/C4H6N2O/c1-7-4-2-3-5-6-4/h2H,3H2,1H3. The van der Waals surface area contributed by atoms with Crippen molar-refractivity contribution in [3.05, 3.63) is 12.0 Å². The van der Waals surface area contributed by atoms with Crippen molar-refractivity contribution < 1.29 is 4.74 Å². The van der Waals surface area contributed by atoms with Gasteiger partial charge in [-0.05, 0) is 0 Å². The van der Waals surface area contributed by atoms with Crippen LogP contribution >= 0.6 is 0 Å². The fraction of sp³-hybridized carbons (Fsp3) is 0.500. The van der Waals surface area contributed by atoms with Crippen LogP contribution in [-0.4, -0.2) is 13.7 Å². The van der Waals surface area contributed by atoms with Crippen LogP contribution in [0.2, 0.25) is 0 Å². The maximum atomic E-state index is 4.71. The van der Waals surface area contributed by atoms with Gasteiger partial charge in [0.25, 0.3) is 0 Å². The minimum absolute atomic E-state index is 0.625. The monoisotopic (exact) mass is 98.0 g/mol. The van der Waals surface area contributed by atoms with Crippen LogP contribution in [-0.2, 0) is 4.74 Å². The van der Waals surface area contributed by atoms with E-state index in [4.69, 9.17) is 4.74 Å². The molecule has 1 aliphatic heterocycles. The van der Waals surface area contributed by atoms with E-state index in [1.54, 1.807) is 7.11 Å². The van der Waals surface area contributed by atoms with Crippen molar-refractivity contribution in [1.29, 1.82) is 0 Å². The minimum atomic E-state index is 0.625. The van der Waals surface area contributed by atoms with Crippen LogP contribution in [0.4, 0.5) is 0 Å². The summed E-state index contributed by atoms with van der Waals surface area (Å²) in [4.78, 5) is 0. The molecule has 38 valence electrons. The zero-order valence-corrected chi connectivity index (χ0v) is 4.09. The van der Waals surface area contributed by atoms with Gasteiger partial charge in [-0.25, -0.2) is 0 Å². The average molecular weight is 98.1 g/mol. The third-order valence-electron chi connectivity index (χ3n) is 0.726. The van der Waals surface area contributed by atoms with E-state index in [2.05, 4.69) is 10.2 Å². The predicted octanol–water partition coefficient (Wildman–Crippen LogP) is 0.940. The Kier molecular flexibility index (Phi) is 1.06. The van der Waals surface area contributed by atoms with Gasteiger partial charge in [-0.1, -0.05) is 0 Å². The van der Waals surface area contributed by atoms with E-state index >= 15 is 0 Å². The molecule has 7 heavy (non-hydrogen) atoms. The highest BCUT2D eigenvalue weighted by Gasteiger charge is 1.94. The van der Waals surface area contributed by atoms with E-state index in [0.29, 0.717) is 12.4 Å². The second-order valence-electron chi connectivity index (χ2n) is 1.17. The molecule has 3 nitrogen and oxygen atoms in total. The van der Waals surface area contributed by atoms with Gasteiger partial charge < -0.3 is 4.74 Å². The molecule has 0 aromatic carbocycles. The van der Waals surface area contributed by atoms with Crippen molar-refractivity contribution in [3.63, 3.8) is 0 Å². The van der Waals surface area contributed by atoms with Crippen molar-refractivity contribution in [2.24, 2.45) is 10.2 Å². The number of hydrogen-bond donors (Lipinski definition) is 0. The molecule has 1 rings (SSSR count). The summed E-state index contributed by atoms with van der Waals surface area (Å²) in [6, 6.07) is 0. The highest BCUT2D eigenvalue weighted by molar-refractivity contribution is 4.95. The Balaban J connectivity index is 2.52. The Morgan fingerprint density at radius 3 is 3.00 bits per heavy atom. The first kappa shape index (κ1) is 4.30. The summed E-state index contributed by atoms with van der Waals surface area (Å²) in [6.45, 7) is 0.670. The number of rotatable bonds is 1. The predicted molar refractivity (Wildman–Crippen MR) is 24.8 cm³/mol. The molecule has 0 fully saturated rings. The van der Waals surface area contributed by atoms with Gasteiger partial charge in [0.05, 0.1) is 13.7 Å². The molecule has 0 bridgehead atoms. The topological polar surface area (TPSA) is 34.0 Å². The minimum Gasteiger partial charge on any atom is -0.480 e. The molecule has 0 unspecified atom stereocenters. The summed E-state index contributed by atoms with van der Waals surface area (Å²) >= 11 is 0. The summed E-state index contributed by atoms with van der Waals surface area (Å²) in [5.41, 5.74) is 0. The lowest BCUT2D eigenvalue weighted by Crippen LogP contribution is -1.74. The van der Waals surface area contributed by atoms with Crippen molar-refractivity contribution in [3.8, 4) is 0 Å². The van der Waals surface area contributed by atoms with E-state index in [-0.39, 0.29) is 0 Å². The molecule has 0 aromatic heterocycles. The summed E-state index contributed by atoms with van der Waals surface area (Å²) in [7, 11) is 1.58. The normalized spacial score (nSPS) is 17.0. The van der Waals surface area contributed by atoms with Crippen LogP contribution in [0, 0.1) is 0 Å². The maximum Gasteiger partial charge on any atom is 0.230 e. The fourth-order valence-electron chi connectivity index (χ4n) is 0.394. The Morgan fingerprint density at radius 1 is 1.86 bits per heavy atom. The molecule has 0 radical (unpaired) electrons. The molecular weight excluding hydrogens is 92.1 g/mol. The lowest BCUT2D eigenvalue weighted by Gasteiger charge is -1.87. The molecule has 0 aliphatic carbocycles. The smallest absolute Gasteiger partial charge is 0.230 e. The van der Waals surface area contributed by atoms with Crippen molar-refractivity contribution in [2.75, 3.05) is 13.7 Å². The van der Waals surface area contributed by atoms with Crippen LogP contribution in [0.1, 0.15) is 0 Å². The zero-order valence-electron chi connectivity index (χ0n) is 4.09. The third-order valence-corrected chi connectivity index (χ3v) is 0.726. The van der Waals surface area contributed by atoms with Crippen molar-refractivity contribution >= 4 is 0 Å². The van der Waals surface area contributed by atoms with Gasteiger partial charge in [0.2, 0.25) is 5.88 Å². The van der Waals surface area contributed by atoms with Crippen LogP contribution in [0.25, 0.3) is 0 Å². The Labute approximate surface area is 41.7 Å².